The molecule has 1 saturated carbocycles. The summed E-state index contributed by atoms with van der Waals surface area (Å²) in [6, 6.07) is 5.82. The number of rotatable bonds is 11. The molecule has 1 unspecified atom stereocenters. The minimum Gasteiger partial charge on any atom is -0.482 e. The van der Waals surface area contributed by atoms with E-state index in [1.54, 1.807) is 6.92 Å². The molecule has 0 heterocycles. The second-order valence-electron chi connectivity index (χ2n) is 10.4. The highest BCUT2D eigenvalue weighted by molar-refractivity contribution is 5.68. The number of hydrogen-bond acceptors (Lipinski definition) is 6. The lowest BCUT2D eigenvalue weighted by Gasteiger charge is -2.33. The molecule has 0 aromatic heterocycles. The van der Waals surface area contributed by atoms with E-state index in [9.17, 15) is 14.7 Å². The molecule has 2 N–H and O–H groups in total. The van der Waals surface area contributed by atoms with Gasteiger partial charge in [0.25, 0.3) is 0 Å². The van der Waals surface area contributed by atoms with E-state index >= 15 is 0 Å². The fraction of sp³-hybridized carbons (Fsp3) is 0.704. The third-order valence-corrected chi connectivity index (χ3v) is 7.47. The first-order valence-electron chi connectivity index (χ1n) is 12.7. The molecule has 7 heteroatoms. The third-order valence-electron chi connectivity index (χ3n) is 7.47. The Kier molecular flexibility index (Phi) is 9.23. The molecule has 34 heavy (non-hydrogen) atoms. The predicted octanol–water partition coefficient (Wildman–Crippen LogP) is 4.87. The second-order valence-corrected chi connectivity index (χ2v) is 10.4. The van der Waals surface area contributed by atoms with Crippen molar-refractivity contribution in [3.05, 3.63) is 29.3 Å². The van der Waals surface area contributed by atoms with Crippen LogP contribution < -0.4 is 4.74 Å². The normalized spacial score (nSPS) is 25.2. The molecule has 1 aromatic carbocycles. The number of aliphatic hydroxyl groups is 1. The van der Waals surface area contributed by atoms with Crippen LogP contribution >= 0.6 is 0 Å². The van der Waals surface area contributed by atoms with Gasteiger partial charge in [0.1, 0.15) is 11.9 Å². The summed E-state index contributed by atoms with van der Waals surface area (Å²) in [6.07, 6.45) is 3.56. The van der Waals surface area contributed by atoms with Gasteiger partial charge >= 0.3 is 12.1 Å². The number of aliphatic carboxylic acids is 1. The first-order valence-corrected chi connectivity index (χ1v) is 12.7. The van der Waals surface area contributed by atoms with Gasteiger partial charge in [0.2, 0.25) is 0 Å². The molecule has 7 nitrogen and oxygen atoms in total. The zero-order valence-corrected chi connectivity index (χ0v) is 20.9. The zero-order chi connectivity index (χ0) is 24.8. The van der Waals surface area contributed by atoms with Crippen LogP contribution in [0.1, 0.15) is 64.5 Å². The van der Waals surface area contributed by atoms with Crippen LogP contribution in [0.4, 0.5) is 4.79 Å². The maximum atomic E-state index is 12.1. The SMILES string of the molecule is CCOC(=O)O[C@H](CC[C@@H]1[C@H]2Cc3cccc(OCC(=O)O)c3C[C@H]2C[C@H]1O)C(C)CC(C)C. The lowest BCUT2D eigenvalue weighted by Crippen LogP contribution is -2.31. The number of carboxylic acid groups (broad SMARTS) is 1. The molecule has 0 radical (unpaired) electrons. The number of ether oxygens (including phenoxy) is 3. The molecule has 0 bridgehead atoms. The molecule has 6 atom stereocenters. The maximum absolute atomic E-state index is 12.1. The highest BCUT2D eigenvalue weighted by Crippen LogP contribution is 2.48. The van der Waals surface area contributed by atoms with Crippen molar-refractivity contribution < 1.29 is 34.0 Å². The fourth-order valence-electron chi connectivity index (χ4n) is 6.07. The summed E-state index contributed by atoms with van der Waals surface area (Å²) < 4.78 is 16.3. The van der Waals surface area contributed by atoms with E-state index in [1.807, 2.05) is 12.1 Å². The van der Waals surface area contributed by atoms with Crippen LogP contribution in [0.2, 0.25) is 0 Å². The van der Waals surface area contributed by atoms with Gasteiger partial charge < -0.3 is 24.4 Å². The quantitative estimate of drug-likeness (QED) is 0.440. The molecule has 2 aliphatic carbocycles. The van der Waals surface area contributed by atoms with Crippen molar-refractivity contribution in [2.45, 2.75) is 78.4 Å². The number of carboxylic acids is 1. The average molecular weight is 477 g/mol. The Morgan fingerprint density at radius 1 is 1.18 bits per heavy atom. The van der Waals surface area contributed by atoms with Crippen LogP contribution in [0.15, 0.2) is 18.2 Å². The van der Waals surface area contributed by atoms with Crippen LogP contribution in [-0.2, 0) is 27.1 Å². The Balaban J connectivity index is 1.69. The fourth-order valence-corrected chi connectivity index (χ4v) is 6.07. The van der Waals surface area contributed by atoms with Crippen molar-refractivity contribution in [1.29, 1.82) is 0 Å². The van der Waals surface area contributed by atoms with Gasteiger partial charge in [-0.1, -0.05) is 32.9 Å². The zero-order valence-electron chi connectivity index (χ0n) is 20.9. The van der Waals surface area contributed by atoms with Crippen LogP contribution in [0.5, 0.6) is 5.75 Å². The summed E-state index contributed by atoms with van der Waals surface area (Å²) in [4.78, 5) is 23.0. The van der Waals surface area contributed by atoms with E-state index in [1.165, 1.54) is 5.56 Å². The second kappa shape index (κ2) is 11.9. The molecule has 0 amide bonds. The first-order chi connectivity index (χ1) is 16.2. The van der Waals surface area contributed by atoms with Gasteiger partial charge in [-0.25, -0.2) is 9.59 Å². The Bertz CT molecular complexity index is 836. The van der Waals surface area contributed by atoms with Crippen LogP contribution in [0, 0.1) is 29.6 Å². The predicted molar refractivity (Wildman–Crippen MR) is 128 cm³/mol. The Hall–Kier alpha value is -2.28. The van der Waals surface area contributed by atoms with E-state index in [4.69, 9.17) is 19.3 Å². The van der Waals surface area contributed by atoms with Crippen LogP contribution in [0.25, 0.3) is 0 Å². The lowest BCUT2D eigenvalue weighted by atomic mass is 9.73. The number of fused-ring (bicyclic) bond motifs is 2. The Morgan fingerprint density at radius 2 is 1.94 bits per heavy atom. The van der Waals surface area contributed by atoms with Gasteiger partial charge in [-0.05, 0) is 92.2 Å². The number of carbonyl (C=O) groups is 2. The first kappa shape index (κ1) is 26.3. The Labute approximate surface area is 202 Å². The van der Waals surface area contributed by atoms with Gasteiger partial charge in [0, 0.05) is 0 Å². The number of hydrogen-bond donors (Lipinski definition) is 2. The van der Waals surface area contributed by atoms with E-state index in [0.29, 0.717) is 29.9 Å². The average Bonchev–Trinajstić information content (AvgIpc) is 3.07. The topological polar surface area (TPSA) is 102 Å². The van der Waals surface area contributed by atoms with Gasteiger partial charge in [0.05, 0.1) is 12.7 Å². The summed E-state index contributed by atoms with van der Waals surface area (Å²) in [7, 11) is 0. The molecule has 2 aliphatic rings. The van der Waals surface area contributed by atoms with Crippen molar-refractivity contribution in [3.8, 4) is 5.75 Å². The van der Waals surface area contributed by atoms with E-state index in [-0.39, 0.29) is 31.2 Å². The van der Waals surface area contributed by atoms with Crippen molar-refractivity contribution in [2.24, 2.45) is 29.6 Å². The highest BCUT2D eigenvalue weighted by Gasteiger charge is 2.45. The van der Waals surface area contributed by atoms with Gasteiger partial charge in [-0.2, -0.15) is 0 Å². The van der Waals surface area contributed by atoms with Gasteiger partial charge in [0.15, 0.2) is 6.61 Å². The van der Waals surface area contributed by atoms with Crippen molar-refractivity contribution in [2.75, 3.05) is 13.2 Å². The molecule has 0 aliphatic heterocycles. The largest absolute Gasteiger partial charge is 0.508 e. The molecule has 1 fully saturated rings. The Morgan fingerprint density at radius 3 is 2.62 bits per heavy atom. The number of carbonyl (C=O) groups excluding carboxylic acids is 1. The monoisotopic (exact) mass is 476 g/mol. The summed E-state index contributed by atoms with van der Waals surface area (Å²) in [5, 5.41) is 19.9. The minimum atomic E-state index is -0.992. The molecule has 190 valence electrons. The number of benzene rings is 1. The highest BCUT2D eigenvalue weighted by atomic mass is 16.7. The van der Waals surface area contributed by atoms with Crippen molar-refractivity contribution in [3.63, 3.8) is 0 Å². The van der Waals surface area contributed by atoms with Gasteiger partial charge in [-0.3, -0.25) is 0 Å². The van der Waals surface area contributed by atoms with Crippen molar-refractivity contribution >= 4 is 12.1 Å². The standard InChI is InChI=1S/C27H40O7/c1-5-32-27(31)34-24(17(4)11-16(2)3)10-9-20-21-12-18-7-6-8-25(33-15-26(29)30)22(18)13-19(21)14-23(20)28/h6-8,16-17,19-21,23-24,28H,5,9-15H2,1-4H3,(H,29,30)/t17?,19-,20+,21-,23+,24+/m0/s1. The third kappa shape index (κ3) is 6.65. The summed E-state index contributed by atoms with van der Waals surface area (Å²) in [6.45, 7) is 8.14. The smallest absolute Gasteiger partial charge is 0.482 e. The summed E-state index contributed by atoms with van der Waals surface area (Å²) in [5.41, 5.74) is 2.25. The van der Waals surface area contributed by atoms with E-state index in [0.717, 1.165) is 37.7 Å². The molecule has 0 spiro atoms. The van der Waals surface area contributed by atoms with Crippen molar-refractivity contribution in [1.82, 2.24) is 0 Å². The van der Waals surface area contributed by atoms with Crippen LogP contribution in [0.3, 0.4) is 0 Å². The molecule has 0 saturated heterocycles. The van der Waals surface area contributed by atoms with E-state index in [2.05, 4.69) is 26.8 Å². The minimum absolute atomic E-state index is 0.140. The molecular formula is C27H40O7. The number of aliphatic hydroxyl groups excluding tert-OH is 1. The molecule has 3 rings (SSSR count). The molecular weight excluding hydrogens is 436 g/mol. The van der Waals surface area contributed by atoms with Crippen LogP contribution in [-0.4, -0.2) is 47.8 Å². The summed E-state index contributed by atoms with van der Waals surface area (Å²) >= 11 is 0. The maximum Gasteiger partial charge on any atom is 0.508 e. The van der Waals surface area contributed by atoms with Gasteiger partial charge in [-0.15, -0.1) is 0 Å². The lowest BCUT2D eigenvalue weighted by molar-refractivity contribution is -0.139. The summed E-state index contributed by atoms with van der Waals surface area (Å²) in [5.74, 6) is 1.18. The van der Waals surface area contributed by atoms with E-state index < -0.39 is 18.2 Å². The molecule has 1 aromatic rings.